The molecule has 1 amide bonds. The van der Waals surface area contributed by atoms with Crippen LogP contribution >= 0.6 is 0 Å². The summed E-state index contributed by atoms with van der Waals surface area (Å²) in [5.74, 6) is 0.875. The predicted octanol–water partition coefficient (Wildman–Crippen LogP) is 2.82. The highest BCUT2D eigenvalue weighted by Crippen LogP contribution is 2.18. The van der Waals surface area contributed by atoms with E-state index in [1.54, 1.807) is 0 Å². The molecule has 0 radical (unpaired) electrons. The van der Waals surface area contributed by atoms with Crippen molar-refractivity contribution in [2.24, 2.45) is 0 Å². The summed E-state index contributed by atoms with van der Waals surface area (Å²) in [6, 6.07) is 14.1. The van der Waals surface area contributed by atoms with Crippen LogP contribution in [0, 0.1) is 0 Å². The highest BCUT2D eigenvalue weighted by atomic mass is 16.2. The number of benzene rings is 1. The molecule has 0 aliphatic carbocycles. The van der Waals surface area contributed by atoms with E-state index >= 15 is 0 Å². The van der Waals surface area contributed by atoms with Crippen molar-refractivity contribution in [3.63, 3.8) is 0 Å². The fraction of sp³-hybridized carbons (Fsp3) is 0.476. The first-order valence-electron chi connectivity index (χ1n) is 9.99. The Morgan fingerprint density at radius 2 is 1.41 bits per heavy atom. The minimum atomic E-state index is -0.0161. The fourth-order valence-corrected chi connectivity index (χ4v) is 3.88. The summed E-state index contributed by atoms with van der Waals surface area (Å²) < 4.78 is 0. The molecule has 0 bridgehead atoms. The minimum Gasteiger partial charge on any atom is -0.368 e. The molecule has 0 N–H and O–H groups in total. The number of piperazine rings is 1. The van der Waals surface area contributed by atoms with Gasteiger partial charge in [0, 0.05) is 45.0 Å². The molecule has 1 aromatic carbocycles. The highest BCUT2D eigenvalue weighted by molar-refractivity contribution is 5.92. The van der Waals surface area contributed by atoms with Crippen LogP contribution in [0.5, 0.6) is 0 Å². The van der Waals surface area contributed by atoms with Crippen molar-refractivity contribution in [1.29, 1.82) is 0 Å². The largest absolute Gasteiger partial charge is 0.368 e. The lowest BCUT2D eigenvalue weighted by atomic mass is 10.2. The zero-order chi connectivity index (χ0) is 18.5. The average molecular weight is 365 g/mol. The van der Waals surface area contributed by atoms with Crippen molar-refractivity contribution >= 4 is 17.4 Å². The molecule has 2 aromatic rings. The Morgan fingerprint density at radius 3 is 2.04 bits per heavy atom. The van der Waals surface area contributed by atoms with Crippen molar-refractivity contribution in [2.45, 2.75) is 25.7 Å². The van der Waals surface area contributed by atoms with E-state index in [1.807, 2.05) is 35.2 Å². The van der Waals surface area contributed by atoms with E-state index in [1.165, 1.54) is 31.4 Å². The second-order valence-corrected chi connectivity index (χ2v) is 7.29. The first kappa shape index (κ1) is 17.8. The van der Waals surface area contributed by atoms with Crippen LogP contribution in [0.4, 0.5) is 11.5 Å². The molecule has 0 unspecified atom stereocenters. The molecule has 3 heterocycles. The van der Waals surface area contributed by atoms with E-state index in [-0.39, 0.29) is 5.91 Å². The quantitative estimate of drug-likeness (QED) is 0.837. The maximum atomic E-state index is 12.8. The first-order valence-corrected chi connectivity index (χ1v) is 9.99. The van der Waals surface area contributed by atoms with Gasteiger partial charge in [0.2, 0.25) is 0 Å². The minimum absolute atomic E-state index is 0.0161. The number of carbonyl (C=O) groups excluding carboxylic acids is 1. The van der Waals surface area contributed by atoms with E-state index in [9.17, 15) is 4.79 Å². The van der Waals surface area contributed by atoms with E-state index in [0.29, 0.717) is 18.8 Å². The lowest BCUT2D eigenvalue weighted by molar-refractivity contribution is 0.0739. The third-order valence-electron chi connectivity index (χ3n) is 5.49. The summed E-state index contributed by atoms with van der Waals surface area (Å²) in [7, 11) is 0. The second-order valence-electron chi connectivity index (χ2n) is 7.29. The van der Waals surface area contributed by atoms with Crippen LogP contribution in [0.15, 0.2) is 42.5 Å². The third kappa shape index (κ3) is 4.21. The average Bonchev–Trinajstić information content (AvgIpc) is 3.04. The summed E-state index contributed by atoms with van der Waals surface area (Å²) >= 11 is 0. The molecule has 27 heavy (non-hydrogen) atoms. The topological polar surface area (TPSA) is 52.6 Å². The molecule has 1 aromatic heterocycles. The van der Waals surface area contributed by atoms with Crippen LogP contribution in [0.2, 0.25) is 0 Å². The predicted molar refractivity (Wildman–Crippen MR) is 107 cm³/mol. The van der Waals surface area contributed by atoms with Gasteiger partial charge >= 0.3 is 0 Å². The molecule has 6 heteroatoms. The van der Waals surface area contributed by atoms with Gasteiger partial charge in [-0.25, -0.2) is 0 Å². The molecule has 142 valence electrons. The summed E-state index contributed by atoms with van der Waals surface area (Å²) in [6.07, 6.45) is 4.98. The molecule has 2 fully saturated rings. The maximum absolute atomic E-state index is 12.8. The maximum Gasteiger partial charge on any atom is 0.274 e. The van der Waals surface area contributed by atoms with Crippen LogP contribution in [0.1, 0.15) is 36.2 Å². The van der Waals surface area contributed by atoms with Crippen LogP contribution in [-0.2, 0) is 0 Å². The van der Waals surface area contributed by atoms with Gasteiger partial charge in [-0.2, -0.15) is 0 Å². The number of rotatable bonds is 3. The SMILES string of the molecule is O=C(c1ccc(N2CCCCCC2)nn1)N1CCN(c2ccccc2)CC1. The molecule has 0 saturated carbocycles. The Labute approximate surface area is 160 Å². The normalized spacial score (nSPS) is 18.3. The van der Waals surface area contributed by atoms with Crippen molar-refractivity contribution in [3.05, 3.63) is 48.2 Å². The lowest BCUT2D eigenvalue weighted by Gasteiger charge is -2.35. The van der Waals surface area contributed by atoms with Crippen molar-refractivity contribution in [2.75, 3.05) is 49.1 Å². The van der Waals surface area contributed by atoms with Gasteiger partial charge in [0.15, 0.2) is 11.5 Å². The zero-order valence-electron chi connectivity index (χ0n) is 15.8. The van der Waals surface area contributed by atoms with Crippen LogP contribution < -0.4 is 9.80 Å². The number of aromatic nitrogens is 2. The Kier molecular flexibility index (Phi) is 5.51. The van der Waals surface area contributed by atoms with E-state index in [0.717, 1.165) is 32.0 Å². The molecule has 0 atom stereocenters. The molecule has 2 aliphatic heterocycles. The zero-order valence-corrected chi connectivity index (χ0v) is 15.8. The number of hydrogen-bond donors (Lipinski definition) is 0. The number of nitrogens with zero attached hydrogens (tertiary/aromatic N) is 5. The van der Waals surface area contributed by atoms with Gasteiger partial charge in [0.25, 0.3) is 5.91 Å². The molecular weight excluding hydrogens is 338 g/mol. The third-order valence-corrected chi connectivity index (χ3v) is 5.49. The van der Waals surface area contributed by atoms with Crippen LogP contribution in [-0.4, -0.2) is 60.3 Å². The van der Waals surface area contributed by atoms with Gasteiger partial charge in [0.05, 0.1) is 0 Å². The molecule has 2 saturated heterocycles. The molecule has 6 nitrogen and oxygen atoms in total. The smallest absolute Gasteiger partial charge is 0.274 e. The highest BCUT2D eigenvalue weighted by Gasteiger charge is 2.23. The molecule has 0 spiro atoms. The van der Waals surface area contributed by atoms with E-state index in [2.05, 4.69) is 32.1 Å². The van der Waals surface area contributed by atoms with Gasteiger partial charge < -0.3 is 14.7 Å². The van der Waals surface area contributed by atoms with Gasteiger partial charge in [-0.1, -0.05) is 31.0 Å². The Morgan fingerprint density at radius 1 is 0.704 bits per heavy atom. The fourth-order valence-electron chi connectivity index (χ4n) is 3.88. The van der Waals surface area contributed by atoms with E-state index in [4.69, 9.17) is 0 Å². The summed E-state index contributed by atoms with van der Waals surface area (Å²) in [5.41, 5.74) is 1.66. The Bertz CT molecular complexity index is 733. The molecule has 2 aliphatic rings. The van der Waals surface area contributed by atoms with Crippen LogP contribution in [0.3, 0.4) is 0 Å². The van der Waals surface area contributed by atoms with Crippen molar-refractivity contribution < 1.29 is 4.79 Å². The lowest BCUT2D eigenvalue weighted by Crippen LogP contribution is -2.49. The van der Waals surface area contributed by atoms with Gasteiger partial charge in [-0.05, 0) is 37.1 Å². The summed E-state index contributed by atoms with van der Waals surface area (Å²) in [4.78, 5) is 19.3. The summed E-state index contributed by atoms with van der Waals surface area (Å²) in [6.45, 7) is 5.17. The van der Waals surface area contributed by atoms with Crippen LogP contribution in [0.25, 0.3) is 0 Å². The Hall–Kier alpha value is -2.63. The summed E-state index contributed by atoms with van der Waals surface area (Å²) in [5, 5.41) is 8.58. The van der Waals surface area contributed by atoms with Crippen molar-refractivity contribution in [1.82, 2.24) is 15.1 Å². The van der Waals surface area contributed by atoms with E-state index < -0.39 is 0 Å². The Balaban J connectivity index is 1.36. The van der Waals surface area contributed by atoms with Crippen molar-refractivity contribution in [3.8, 4) is 0 Å². The monoisotopic (exact) mass is 365 g/mol. The number of amides is 1. The number of para-hydroxylation sites is 1. The molecule has 4 rings (SSSR count). The standard InChI is InChI=1S/C21H27N5O/c27-21(26-16-14-24(15-17-26)18-8-4-3-5-9-18)19-10-11-20(23-22-19)25-12-6-1-2-7-13-25/h3-5,8-11H,1-2,6-7,12-17H2. The second kappa shape index (κ2) is 8.37. The number of anilines is 2. The molecular formula is C21H27N5O. The first-order chi connectivity index (χ1) is 13.3. The van der Waals surface area contributed by atoms with Gasteiger partial charge in [-0.15, -0.1) is 10.2 Å². The van der Waals surface area contributed by atoms with Gasteiger partial charge in [0.1, 0.15) is 0 Å². The number of carbonyl (C=O) groups is 1. The number of hydrogen-bond acceptors (Lipinski definition) is 5. The van der Waals surface area contributed by atoms with Gasteiger partial charge in [-0.3, -0.25) is 4.79 Å².